The molecule has 2 atom stereocenters. The van der Waals surface area contributed by atoms with Gasteiger partial charge in [0, 0.05) is 27.2 Å². The van der Waals surface area contributed by atoms with Crippen LogP contribution in [0.2, 0.25) is 0 Å². The molecule has 2 unspecified atom stereocenters. The van der Waals surface area contributed by atoms with Gasteiger partial charge in [-0.05, 0) is 29.7 Å². The van der Waals surface area contributed by atoms with E-state index in [0.29, 0.717) is 18.0 Å². The molecule has 0 aromatic heterocycles. The Kier molecular flexibility index (Phi) is 3.98. The minimum atomic E-state index is 0.494. The summed E-state index contributed by atoms with van der Waals surface area (Å²) in [4.78, 5) is 1.43. The van der Waals surface area contributed by atoms with E-state index in [9.17, 15) is 0 Å². The van der Waals surface area contributed by atoms with E-state index in [4.69, 9.17) is 0 Å². The van der Waals surface area contributed by atoms with Crippen molar-refractivity contribution < 1.29 is 0 Å². The van der Waals surface area contributed by atoms with Gasteiger partial charge in [-0.2, -0.15) is 0 Å². The van der Waals surface area contributed by atoms with Gasteiger partial charge in [0.2, 0.25) is 0 Å². The number of thioether (sulfide) groups is 1. The van der Waals surface area contributed by atoms with Gasteiger partial charge in [-0.3, -0.25) is 0 Å². The third-order valence-corrected chi connectivity index (χ3v) is 4.76. The maximum absolute atomic E-state index is 3.68. The van der Waals surface area contributed by atoms with Crippen molar-refractivity contribution in [2.45, 2.75) is 37.8 Å². The molecule has 16 heavy (non-hydrogen) atoms. The van der Waals surface area contributed by atoms with E-state index in [1.165, 1.54) is 20.7 Å². The number of nitrogens with one attached hydrogen (secondary N) is 1. The van der Waals surface area contributed by atoms with Gasteiger partial charge in [-0.15, -0.1) is 11.8 Å². The molecule has 0 fully saturated rings. The van der Waals surface area contributed by atoms with Crippen molar-refractivity contribution in [3.63, 3.8) is 0 Å². The van der Waals surface area contributed by atoms with Crippen LogP contribution in [-0.4, -0.2) is 11.8 Å². The minimum Gasteiger partial charge on any atom is -0.307 e. The Morgan fingerprint density at radius 1 is 1.44 bits per heavy atom. The summed E-state index contributed by atoms with van der Waals surface area (Å²) in [5.41, 5.74) is 1.45. The highest BCUT2D eigenvalue weighted by Gasteiger charge is 2.27. The fourth-order valence-electron chi connectivity index (χ4n) is 2.13. The third kappa shape index (κ3) is 2.63. The maximum atomic E-state index is 3.68. The topological polar surface area (TPSA) is 12.0 Å². The van der Waals surface area contributed by atoms with Gasteiger partial charge in [-0.25, -0.2) is 0 Å². The number of fused-ring (bicyclic) bond motifs is 1. The lowest BCUT2D eigenvalue weighted by Crippen LogP contribution is -2.35. The first-order chi connectivity index (χ1) is 7.58. The molecule has 1 aliphatic heterocycles. The second-order valence-electron chi connectivity index (χ2n) is 4.77. The highest BCUT2D eigenvalue weighted by molar-refractivity contribution is 9.10. The van der Waals surface area contributed by atoms with Crippen molar-refractivity contribution in [3.8, 4) is 0 Å². The lowest BCUT2D eigenvalue weighted by molar-refractivity contribution is 0.376. The molecule has 88 valence electrons. The van der Waals surface area contributed by atoms with E-state index in [0.717, 1.165) is 0 Å². The maximum Gasteiger partial charge on any atom is 0.0367 e. The summed E-state index contributed by atoms with van der Waals surface area (Å²) in [5, 5.41) is 3.68. The van der Waals surface area contributed by atoms with Gasteiger partial charge >= 0.3 is 0 Å². The molecule has 1 aliphatic rings. The van der Waals surface area contributed by atoms with E-state index in [1.54, 1.807) is 0 Å². The van der Waals surface area contributed by atoms with E-state index in [2.05, 4.69) is 60.2 Å². The summed E-state index contributed by atoms with van der Waals surface area (Å²) in [6, 6.07) is 7.65. The van der Waals surface area contributed by atoms with Crippen LogP contribution >= 0.6 is 27.7 Å². The lowest BCUT2D eigenvalue weighted by Gasteiger charge is -2.33. The molecule has 0 spiro atoms. The zero-order valence-electron chi connectivity index (χ0n) is 9.96. The average Bonchev–Trinajstić information content (AvgIpc) is 2.22. The molecule has 3 heteroatoms. The summed E-state index contributed by atoms with van der Waals surface area (Å²) in [6.45, 7) is 6.76. The Hall–Kier alpha value is 0.01000. The largest absolute Gasteiger partial charge is 0.307 e. The Balaban J connectivity index is 2.34. The third-order valence-electron chi connectivity index (χ3n) is 2.89. The fraction of sp³-hybridized carbons (Fsp3) is 0.538. The van der Waals surface area contributed by atoms with Gasteiger partial charge in [0.15, 0.2) is 0 Å². The Labute approximate surface area is 111 Å². The first-order valence-corrected chi connectivity index (χ1v) is 7.54. The standard InChI is InChI=1S/C13H18BrNS/c1-8(2)15-13-9(3)7-16-12-5-4-10(14)6-11(12)13/h4-6,8-9,13,15H,7H2,1-3H3. The second-order valence-corrected chi connectivity index (χ2v) is 6.75. The second kappa shape index (κ2) is 5.11. The summed E-state index contributed by atoms with van der Waals surface area (Å²) in [5.74, 6) is 1.90. The molecule has 1 aromatic carbocycles. The van der Waals surface area contributed by atoms with Crippen LogP contribution in [0.3, 0.4) is 0 Å². The van der Waals surface area contributed by atoms with Crippen molar-refractivity contribution in [2.24, 2.45) is 5.92 Å². The lowest BCUT2D eigenvalue weighted by atomic mass is 9.94. The van der Waals surface area contributed by atoms with Crippen LogP contribution in [0, 0.1) is 5.92 Å². The van der Waals surface area contributed by atoms with E-state index < -0.39 is 0 Å². The molecular formula is C13H18BrNS. The molecule has 0 saturated carbocycles. The predicted octanol–water partition coefficient (Wildman–Crippen LogP) is 4.23. The van der Waals surface area contributed by atoms with Gasteiger partial charge < -0.3 is 5.32 Å². The van der Waals surface area contributed by atoms with E-state index in [-0.39, 0.29) is 0 Å². The molecule has 2 rings (SSSR count). The smallest absolute Gasteiger partial charge is 0.0367 e. The Bertz CT molecular complexity index is 378. The predicted molar refractivity (Wildman–Crippen MR) is 75.0 cm³/mol. The first-order valence-electron chi connectivity index (χ1n) is 5.76. The number of hydrogen-bond acceptors (Lipinski definition) is 2. The number of benzene rings is 1. The van der Waals surface area contributed by atoms with Crippen LogP contribution in [0.4, 0.5) is 0 Å². The SMILES string of the molecule is CC(C)NC1c2cc(Br)ccc2SCC1C. The number of halogens is 1. The van der Waals surface area contributed by atoms with Crippen LogP contribution < -0.4 is 5.32 Å². The Morgan fingerprint density at radius 2 is 2.19 bits per heavy atom. The van der Waals surface area contributed by atoms with E-state index in [1.807, 2.05) is 11.8 Å². The minimum absolute atomic E-state index is 0.494. The van der Waals surface area contributed by atoms with Gasteiger partial charge in [0.05, 0.1) is 0 Å². The zero-order chi connectivity index (χ0) is 11.7. The average molecular weight is 300 g/mol. The van der Waals surface area contributed by atoms with Gasteiger partial charge in [0.25, 0.3) is 0 Å². The summed E-state index contributed by atoms with van der Waals surface area (Å²) >= 11 is 5.54. The number of rotatable bonds is 2. The molecular weight excluding hydrogens is 282 g/mol. The Morgan fingerprint density at radius 3 is 2.88 bits per heavy atom. The molecule has 0 bridgehead atoms. The first kappa shape index (κ1) is 12.5. The highest BCUT2D eigenvalue weighted by atomic mass is 79.9. The van der Waals surface area contributed by atoms with Gasteiger partial charge in [0.1, 0.15) is 0 Å². The summed E-state index contributed by atoms with van der Waals surface area (Å²) in [6.07, 6.45) is 0. The molecule has 1 heterocycles. The van der Waals surface area contributed by atoms with E-state index >= 15 is 0 Å². The monoisotopic (exact) mass is 299 g/mol. The highest BCUT2D eigenvalue weighted by Crippen LogP contribution is 2.40. The number of hydrogen-bond donors (Lipinski definition) is 1. The normalized spacial score (nSPS) is 24.6. The molecule has 0 saturated heterocycles. The van der Waals surface area contributed by atoms with Crippen LogP contribution in [0.1, 0.15) is 32.4 Å². The quantitative estimate of drug-likeness (QED) is 0.877. The van der Waals surface area contributed by atoms with Crippen molar-refractivity contribution in [2.75, 3.05) is 5.75 Å². The van der Waals surface area contributed by atoms with Gasteiger partial charge in [-0.1, -0.05) is 36.7 Å². The summed E-state index contributed by atoms with van der Waals surface area (Å²) in [7, 11) is 0. The molecule has 1 nitrogen and oxygen atoms in total. The van der Waals surface area contributed by atoms with Crippen LogP contribution in [-0.2, 0) is 0 Å². The zero-order valence-corrected chi connectivity index (χ0v) is 12.4. The van der Waals surface area contributed by atoms with Crippen molar-refractivity contribution in [1.82, 2.24) is 5.32 Å². The van der Waals surface area contributed by atoms with Crippen molar-refractivity contribution in [3.05, 3.63) is 28.2 Å². The van der Waals surface area contributed by atoms with Crippen LogP contribution in [0.15, 0.2) is 27.6 Å². The van der Waals surface area contributed by atoms with Crippen LogP contribution in [0.5, 0.6) is 0 Å². The molecule has 0 amide bonds. The van der Waals surface area contributed by atoms with Crippen LogP contribution in [0.25, 0.3) is 0 Å². The van der Waals surface area contributed by atoms with Crippen molar-refractivity contribution >= 4 is 27.7 Å². The summed E-state index contributed by atoms with van der Waals surface area (Å²) < 4.78 is 1.18. The molecule has 0 radical (unpaired) electrons. The molecule has 1 aromatic rings. The molecule has 0 aliphatic carbocycles. The molecule has 1 N–H and O–H groups in total. The fourth-order valence-corrected chi connectivity index (χ4v) is 3.66. The van der Waals surface area contributed by atoms with Crippen molar-refractivity contribution in [1.29, 1.82) is 0 Å².